The number of rotatable bonds is 0. The number of fused-ring (bicyclic) bond motifs is 3. The molecule has 2 aliphatic rings. The van der Waals surface area contributed by atoms with Gasteiger partial charge in [0.05, 0.1) is 0 Å². The molecule has 0 amide bonds. The number of halogens is 1. The van der Waals surface area contributed by atoms with Crippen LogP contribution in [0.15, 0.2) is 12.1 Å². The Labute approximate surface area is 82.0 Å². The molecule has 3 N–H and O–H groups in total. The van der Waals surface area contributed by atoms with E-state index in [4.69, 9.17) is 5.73 Å². The normalized spacial score (nSPS) is 32.9. The molecule has 72 valence electrons. The Kier molecular flexibility index (Phi) is 1.33. The highest BCUT2D eigenvalue weighted by Gasteiger charge is 2.64. The lowest BCUT2D eigenvalue weighted by Gasteiger charge is -2.12. The summed E-state index contributed by atoms with van der Waals surface area (Å²) < 4.78 is 13.3. The second-order valence-corrected chi connectivity index (χ2v) is 4.43. The van der Waals surface area contributed by atoms with Crippen molar-refractivity contribution < 1.29 is 9.41 Å². The van der Waals surface area contributed by atoms with E-state index in [1.807, 2.05) is 0 Å². The first kappa shape index (κ1) is 8.44. The molecule has 3 rings (SSSR count). The Morgan fingerprint density at radius 3 is 3.07 bits per heavy atom. The summed E-state index contributed by atoms with van der Waals surface area (Å²) >= 11 is 0. The lowest BCUT2D eigenvalue weighted by molar-refractivity contribution is 0.578. The van der Waals surface area contributed by atoms with E-state index < -0.39 is 6.92 Å². The van der Waals surface area contributed by atoms with Crippen LogP contribution in [0.3, 0.4) is 0 Å². The van der Waals surface area contributed by atoms with Crippen LogP contribution in [0.5, 0.6) is 0 Å². The van der Waals surface area contributed by atoms with Crippen molar-refractivity contribution in [1.29, 1.82) is 0 Å². The average Bonchev–Trinajstić information content (AvgIpc) is 2.77. The van der Waals surface area contributed by atoms with E-state index in [1.165, 1.54) is 6.07 Å². The first-order valence-corrected chi connectivity index (χ1v) is 4.82. The van der Waals surface area contributed by atoms with Gasteiger partial charge < -0.3 is 10.8 Å². The van der Waals surface area contributed by atoms with Crippen LogP contribution in [0.25, 0.3) is 0 Å². The van der Waals surface area contributed by atoms with Crippen LogP contribution >= 0.6 is 0 Å². The Morgan fingerprint density at radius 2 is 2.36 bits per heavy atom. The highest BCUT2D eigenvalue weighted by molar-refractivity contribution is 6.71. The van der Waals surface area contributed by atoms with E-state index in [0.717, 1.165) is 17.4 Å². The van der Waals surface area contributed by atoms with E-state index in [9.17, 15) is 9.41 Å². The van der Waals surface area contributed by atoms with Crippen molar-refractivity contribution in [2.75, 3.05) is 0 Å². The molecule has 2 atom stereocenters. The van der Waals surface area contributed by atoms with E-state index >= 15 is 0 Å². The number of hydrogen-bond acceptors (Lipinski definition) is 2. The third-order valence-corrected chi connectivity index (χ3v) is 3.69. The van der Waals surface area contributed by atoms with Crippen LogP contribution in [-0.4, -0.2) is 11.9 Å². The summed E-state index contributed by atoms with van der Waals surface area (Å²) in [7, 11) is 0. The molecule has 0 bridgehead atoms. The third-order valence-electron chi connectivity index (χ3n) is 3.69. The van der Waals surface area contributed by atoms with Crippen molar-refractivity contribution in [2.24, 2.45) is 5.73 Å². The molecule has 0 spiro atoms. The average molecular weight is 191 g/mol. The summed E-state index contributed by atoms with van der Waals surface area (Å²) in [5.74, 6) is -0.148. The van der Waals surface area contributed by atoms with Gasteiger partial charge in [0.25, 0.3) is 0 Å². The molecule has 1 fully saturated rings. The molecule has 0 radical (unpaired) electrons. The van der Waals surface area contributed by atoms with Crippen molar-refractivity contribution in [3.05, 3.63) is 29.1 Å². The molecule has 1 aliphatic heterocycles. The topological polar surface area (TPSA) is 46.2 Å². The maximum Gasteiger partial charge on any atom is 0.329 e. The lowest BCUT2D eigenvalue weighted by Crippen LogP contribution is -2.32. The van der Waals surface area contributed by atoms with Gasteiger partial charge in [0, 0.05) is 5.54 Å². The highest BCUT2D eigenvalue weighted by atomic mass is 19.1. The van der Waals surface area contributed by atoms with Gasteiger partial charge in [0.1, 0.15) is 5.82 Å². The first-order chi connectivity index (χ1) is 6.55. The first-order valence-electron chi connectivity index (χ1n) is 4.82. The second-order valence-electron chi connectivity index (χ2n) is 4.43. The van der Waals surface area contributed by atoms with Gasteiger partial charge in [-0.15, -0.1) is 0 Å². The maximum atomic E-state index is 13.3. The molecular weight excluding hydrogens is 180 g/mol. The van der Waals surface area contributed by atoms with Crippen molar-refractivity contribution in [3.63, 3.8) is 0 Å². The van der Waals surface area contributed by atoms with E-state index in [1.54, 1.807) is 13.0 Å². The fraction of sp³-hybridized carbons (Fsp3) is 0.400. The molecule has 14 heavy (non-hydrogen) atoms. The van der Waals surface area contributed by atoms with Gasteiger partial charge in [-0.25, -0.2) is 4.39 Å². The molecule has 1 heterocycles. The summed E-state index contributed by atoms with van der Waals surface area (Å²) in [5, 5.41) is 9.92. The van der Waals surface area contributed by atoms with Gasteiger partial charge in [0.2, 0.25) is 0 Å². The molecule has 2 unspecified atom stereocenters. The monoisotopic (exact) mass is 191 g/mol. The predicted octanol–water partition coefficient (Wildman–Crippen LogP) is 0.266. The Bertz CT molecular complexity index is 436. The zero-order valence-electron chi connectivity index (χ0n) is 7.92. The lowest BCUT2D eigenvalue weighted by atomic mass is 9.58. The molecule has 0 saturated heterocycles. The van der Waals surface area contributed by atoms with Crippen LogP contribution in [-0.2, 0) is 5.54 Å². The highest BCUT2D eigenvalue weighted by Crippen LogP contribution is 2.59. The molecule has 1 saturated carbocycles. The summed E-state index contributed by atoms with van der Waals surface area (Å²) in [6.45, 7) is 1.14. The van der Waals surface area contributed by atoms with Crippen molar-refractivity contribution in [1.82, 2.24) is 0 Å². The van der Waals surface area contributed by atoms with Gasteiger partial charge in [0.15, 0.2) is 0 Å². The fourth-order valence-corrected chi connectivity index (χ4v) is 2.70. The molecular formula is C10H11BFNO. The summed E-state index contributed by atoms with van der Waals surface area (Å²) in [6, 6.07) is 3.16. The Morgan fingerprint density at radius 1 is 1.64 bits per heavy atom. The van der Waals surface area contributed by atoms with Gasteiger partial charge in [-0.3, -0.25) is 0 Å². The van der Waals surface area contributed by atoms with Crippen LogP contribution < -0.4 is 11.2 Å². The minimum Gasteiger partial charge on any atom is -0.446 e. The smallest absolute Gasteiger partial charge is 0.329 e. The molecule has 1 aromatic carbocycles. The molecule has 2 nitrogen and oxygen atoms in total. The molecule has 0 aromatic heterocycles. The van der Waals surface area contributed by atoms with E-state index in [-0.39, 0.29) is 17.2 Å². The van der Waals surface area contributed by atoms with Gasteiger partial charge in [-0.05, 0) is 41.8 Å². The van der Waals surface area contributed by atoms with Gasteiger partial charge >= 0.3 is 6.92 Å². The second kappa shape index (κ2) is 2.20. The summed E-state index contributed by atoms with van der Waals surface area (Å²) in [5.41, 5.74) is 7.94. The minimum atomic E-state index is -0.564. The maximum absolute atomic E-state index is 13.3. The number of nitrogens with two attached hydrogens (primary N) is 1. The summed E-state index contributed by atoms with van der Waals surface area (Å²) in [6.07, 6.45) is 0.826. The standard InChI is InChI=1S/C10H11BFNO/c1-5-7(12)3-2-6-9(5)11(14)8-4-10(6,8)13/h2-3,8,14H,4,13H2,1H3. The van der Waals surface area contributed by atoms with Crippen LogP contribution in [0.1, 0.15) is 17.5 Å². The zero-order valence-corrected chi connectivity index (χ0v) is 7.92. The van der Waals surface area contributed by atoms with E-state index in [2.05, 4.69) is 0 Å². The fourth-order valence-electron chi connectivity index (χ4n) is 2.70. The van der Waals surface area contributed by atoms with Crippen molar-refractivity contribution in [3.8, 4) is 0 Å². The number of benzene rings is 1. The number of hydrogen-bond donors (Lipinski definition) is 2. The van der Waals surface area contributed by atoms with E-state index in [0.29, 0.717) is 5.56 Å². The van der Waals surface area contributed by atoms with Crippen LogP contribution in [0, 0.1) is 12.7 Å². The van der Waals surface area contributed by atoms with Crippen molar-refractivity contribution >= 4 is 12.4 Å². The molecule has 1 aromatic rings. The summed E-state index contributed by atoms with van der Waals surface area (Å²) in [4.78, 5) is 0. The Hall–Kier alpha value is -0.865. The van der Waals surface area contributed by atoms with Crippen LogP contribution in [0.4, 0.5) is 4.39 Å². The third kappa shape index (κ3) is 0.747. The Balaban J connectivity index is 2.29. The van der Waals surface area contributed by atoms with Gasteiger partial charge in [-0.2, -0.15) is 0 Å². The molecule has 1 aliphatic carbocycles. The van der Waals surface area contributed by atoms with Crippen molar-refractivity contribution in [2.45, 2.75) is 24.7 Å². The molecule has 4 heteroatoms. The SMILES string of the molecule is Cc1c(F)ccc2c1B(O)C1CC21N. The largest absolute Gasteiger partial charge is 0.446 e. The van der Waals surface area contributed by atoms with Gasteiger partial charge in [-0.1, -0.05) is 6.07 Å². The minimum absolute atomic E-state index is 0.109. The van der Waals surface area contributed by atoms with Crippen LogP contribution in [0.2, 0.25) is 5.82 Å². The zero-order chi connectivity index (χ0) is 10.1. The quantitative estimate of drug-likeness (QED) is 0.578. The predicted molar refractivity (Wildman–Crippen MR) is 53.0 cm³/mol.